The fourth-order valence-electron chi connectivity index (χ4n) is 4.74. The van der Waals surface area contributed by atoms with Gasteiger partial charge in [-0.3, -0.25) is 19.0 Å². The number of aromatic nitrogens is 3. The van der Waals surface area contributed by atoms with Crippen molar-refractivity contribution in [3.63, 3.8) is 0 Å². The Hall–Kier alpha value is -4.86. The summed E-state index contributed by atoms with van der Waals surface area (Å²) in [6.45, 7) is 0. The van der Waals surface area contributed by atoms with Crippen molar-refractivity contribution in [3.8, 4) is 11.1 Å². The Morgan fingerprint density at radius 3 is 2.37 bits per heavy atom. The monoisotopic (exact) mass is 588 g/mol. The van der Waals surface area contributed by atoms with Crippen LogP contribution < -0.4 is 5.73 Å². The summed E-state index contributed by atoms with van der Waals surface area (Å²) in [5.41, 5.74) is 5.51. The molecule has 11 heteroatoms. The van der Waals surface area contributed by atoms with E-state index in [9.17, 15) is 18.8 Å². The molecule has 0 fully saturated rings. The molecule has 6 aromatic rings. The molecule has 0 saturated carbocycles. The average molecular weight is 589 g/mol. The highest BCUT2D eigenvalue weighted by Crippen LogP contribution is 2.33. The Morgan fingerprint density at radius 1 is 0.878 bits per heavy atom. The summed E-state index contributed by atoms with van der Waals surface area (Å²) in [6, 6.07) is 15.2. The third-order valence-electron chi connectivity index (χ3n) is 6.75. The van der Waals surface area contributed by atoms with E-state index in [1.54, 1.807) is 18.3 Å². The molecular weight excluding hydrogens is 573 g/mol. The van der Waals surface area contributed by atoms with Gasteiger partial charge in [0.05, 0.1) is 32.3 Å². The predicted octanol–water partition coefficient (Wildman–Crippen LogP) is 6.79. The number of rotatable bonds is 5. The van der Waals surface area contributed by atoms with Gasteiger partial charge in [0.1, 0.15) is 17.3 Å². The van der Waals surface area contributed by atoms with Crippen molar-refractivity contribution in [2.24, 2.45) is 5.73 Å². The van der Waals surface area contributed by atoms with Crippen molar-refractivity contribution in [3.05, 3.63) is 123 Å². The first-order valence-corrected chi connectivity index (χ1v) is 12.8. The zero-order valence-corrected chi connectivity index (χ0v) is 22.2. The number of H-pyrrole nitrogens is 1. The SMILES string of the molecule is NC(=O)c1ccc(F)c(C(=O)c2cn(C(=O)c3c(Cl)cccc3Cl)c3ncc(-c4ccc5[nH]ccc5c4)cc23)c1F. The molecule has 0 atom stereocenters. The minimum atomic E-state index is -1.41. The maximum atomic E-state index is 15.2. The van der Waals surface area contributed by atoms with Gasteiger partial charge in [-0.05, 0) is 59.5 Å². The Bertz CT molecular complexity index is 2060. The molecule has 0 spiro atoms. The second kappa shape index (κ2) is 9.96. The number of fused-ring (bicyclic) bond motifs is 2. The van der Waals surface area contributed by atoms with E-state index in [0.29, 0.717) is 5.56 Å². The highest BCUT2D eigenvalue weighted by molar-refractivity contribution is 6.40. The fourth-order valence-corrected chi connectivity index (χ4v) is 5.30. The Labute approximate surface area is 240 Å². The first-order valence-electron chi connectivity index (χ1n) is 12.1. The number of benzene rings is 3. The van der Waals surface area contributed by atoms with Gasteiger partial charge in [-0.25, -0.2) is 13.8 Å². The van der Waals surface area contributed by atoms with Crippen molar-refractivity contribution in [2.45, 2.75) is 0 Å². The van der Waals surface area contributed by atoms with Gasteiger partial charge >= 0.3 is 0 Å². The largest absolute Gasteiger partial charge is 0.366 e. The van der Waals surface area contributed by atoms with Crippen LogP contribution in [-0.4, -0.2) is 32.1 Å². The van der Waals surface area contributed by atoms with Gasteiger partial charge in [-0.2, -0.15) is 0 Å². The number of primary amides is 1. The molecule has 3 aromatic carbocycles. The topological polar surface area (TPSA) is 111 Å². The number of carbonyl (C=O) groups is 3. The second-order valence-electron chi connectivity index (χ2n) is 9.17. The number of aromatic amines is 1. The average Bonchev–Trinajstić information content (AvgIpc) is 3.56. The van der Waals surface area contributed by atoms with Crippen molar-refractivity contribution >= 4 is 62.7 Å². The number of halogens is 4. The number of nitrogens with one attached hydrogen (secondary N) is 1. The number of hydrogen-bond donors (Lipinski definition) is 2. The van der Waals surface area contributed by atoms with E-state index >= 15 is 4.39 Å². The van der Waals surface area contributed by atoms with Crippen molar-refractivity contribution in [1.29, 1.82) is 0 Å². The Morgan fingerprint density at radius 2 is 1.63 bits per heavy atom. The van der Waals surface area contributed by atoms with Crippen LogP contribution in [0.4, 0.5) is 8.78 Å². The third kappa shape index (κ3) is 4.35. The van der Waals surface area contributed by atoms with Crippen LogP contribution in [0.3, 0.4) is 0 Å². The van der Waals surface area contributed by atoms with Gasteiger partial charge < -0.3 is 10.7 Å². The van der Waals surface area contributed by atoms with E-state index < -0.39 is 40.4 Å². The highest BCUT2D eigenvalue weighted by atomic mass is 35.5. The molecule has 0 saturated heterocycles. The van der Waals surface area contributed by atoms with E-state index in [-0.39, 0.29) is 32.2 Å². The fraction of sp³-hybridized carbons (Fsp3) is 0. The van der Waals surface area contributed by atoms with Gasteiger partial charge in [0, 0.05) is 35.1 Å². The molecular formula is C30H16Cl2F2N4O3. The molecule has 0 aliphatic rings. The lowest BCUT2D eigenvalue weighted by Crippen LogP contribution is -2.17. The van der Waals surface area contributed by atoms with Crippen LogP contribution >= 0.6 is 23.2 Å². The molecule has 1 amide bonds. The number of pyridine rings is 1. The zero-order chi connectivity index (χ0) is 29.0. The molecule has 0 bridgehead atoms. The summed E-state index contributed by atoms with van der Waals surface area (Å²) in [5, 5.41) is 1.16. The van der Waals surface area contributed by atoms with Crippen molar-refractivity contribution in [2.75, 3.05) is 0 Å². The standard InChI is InChI=1S/C30H16Cl2F2N4O3/c31-20-2-1-3-21(32)24(20)30(41)38-13-19(27(39)25-22(33)6-5-17(26(25)34)28(35)40)18-11-16(12-37-29(18)38)14-4-7-23-15(10-14)8-9-36-23/h1-13,36H,(H2,35,40). The summed E-state index contributed by atoms with van der Waals surface area (Å²) in [4.78, 5) is 46.7. The van der Waals surface area contributed by atoms with Crippen LogP contribution in [0.5, 0.6) is 0 Å². The minimum absolute atomic E-state index is 0.0210. The molecule has 3 heterocycles. The number of nitrogens with zero attached hydrogens (tertiary/aromatic N) is 2. The summed E-state index contributed by atoms with van der Waals surface area (Å²) in [5.74, 6) is -5.63. The number of ketones is 1. The van der Waals surface area contributed by atoms with E-state index in [1.165, 1.54) is 18.3 Å². The second-order valence-corrected chi connectivity index (χ2v) is 9.98. The van der Waals surface area contributed by atoms with E-state index in [0.717, 1.165) is 39.4 Å². The number of nitrogens with two attached hydrogens (primary N) is 1. The van der Waals surface area contributed by atoms with Crippen LogP contribution in [0, 0.1) is 11.6 Å². The van der Waals surface area contributed by atoms with Gasteiger partial charge in [-0.15, -0.1) is 0 Å². The first kappa shape index (κ1) is 26.4. The molecule has 7 nitrogen and oxygen atoms in total. The minimum Gasteiger partial charge on any atom is -0.366 e. The zero-order valence-electron chi connectivity index (χ0n) is 20.7. The van der Waals surface area contributed by atoms with E-state index in [1.807, 2.05) is 24.3 Å². The van der Waals surface area contributed by atoms with Crippen LogP contribution in [0.1, 0.15) is 36.6 Å². The van der Waals surface area contributed by atoms with Gasteiger partial charge in [-0.1, -0.05) is 35.3 Å². The molecule has 0 radical (unpaired) electrons. The van der Waals surface area contributed by atoms with E-state index in [4.69, 9.17) is 28.9 Å². The lowest BCUT2D eigenvalue weighted by Gasteiger charge is -2.08. The number of amides is 1. The van der Waals surface area contributed by atoms with Gasteiger partial charge in [0.25, 0.3) is 11.8 Å². The molecule has 6 rings (SSSR count). The quantitative estimate of drug-likeness (QED) is 0.216. The number of hydrogen-bond acceptors (Lipinski definition) is 4. The normalized spacial score (nSPS) is 11.3. The maximum Gasteiger partial charge on any atom is 0.266 e. The summed E-state index contributed by atoms with van der Waals surface area (Å²) < 4.78 is 31.2. The molecule has 202 valence electrons. The molecule has 0 unspecified atom stereocenters. The molecule has 0 aliphatic carbocycles. The first-order chi connectivity index (χ1) is 19.7. The van der Waals surface area contributed by atoms with Crippen LogP contribution in [0.15, 0.2) is 79.3 Å². The Kier molecular flexibility index (Phi) is 6.40. The molecule has 41 heavy (non-hydrogen) atoms. The lowest BCUT2D eigenvalue weighted by atomic mass is 9.98. The third-order valence-corrected chi connectivity index (χ3v) is 7.38. The molecule has 0 aliphatic heterocycles. The number of carbonyl (C=O) groups excluding carboxylic acids is 3. The summed E-state index contributed by atoms with van der Waals surface area (Å²) >= 11 is 12.5. The van der Waals surface area contributed by atoms with Gasteiger partial charge in [0.2, 0.25) is 5.78 Å². The maximum absolute atomic E-state index is 15.2. The molecule has 3 aromatic heterocycles. The summed E-state index contributed by atoms with van der Waals surface area (Å²) in [6.07, 6.45) is 4.43. The van der Waals surface area contributed by atoms with Crippen LogP contribution in [-0.2, 0) is 0 Å². The lowest BCUT2D eigenvalue weighted by molar-refractivity contribution is 0.0962. The van der Waals surface area contributed by atoms with Crippen molar-refractivity contribution in [1.82, 2.24) is 14.5 Å². The van der Waals surface area contributed by atoms with Crippen molar-refractivity contribution < 1.29 is 23.2 Å². The summed E-state index contributed by atoms with van der Waals surface area (Å²) in [7, 11) is 0. The van der Waals surface area contributed by atoms with Gasteiger partial charge in [0.15, 0.2) is 0 Å². The Balaban J connectivity index is 1.60. The highest BCUT2D eigenvalue weighted by Gasteiger charge is 2.29. The predicted molar refractivity (Wildman–Crippen MR) is 152 cm³/mol. The van der Waals surface area contributed by atoms with Crippen LogP contribution in [0.25, 0.3) is 33.1 Å². The van der Waals surface area contributed by atoms with E-state index in [2.05, 4.69) is 9.97 Å². The van der Waals surface area contributed by atoms with Crippen LogP contribution in [0.2, 0.25) is 10.0 Å². The smallest absolute Gasteiger partial charge is 0.266 e. The molecule has 3 N–H and O–H groups in total.